The van der Waals surface area contributed by atoms with Crippen molar-refractivity contribution in [3.05, 3.63) is 12.4 Å². The zero-order valence-corrected chi connectivity index (χ0v) is 7.73. The zero-order valence-electron chi connectivity index (χ0n) is 7.73. The third-order valence-corrected chi connectivity index (χ3v) is 2.04. The Labute approximate surface area is 72.4 Å². The number of nitrogens with zero attached hydrogens (tertiary/aromatic N) is 3. The Bertz CT molecular complexity index is 246. The molecule has 0 saturated carbocycles. The molecule has 1 rings (SSSR count). The summed E-state index contributed by atoms with van der Waals surface area (Å²) in [6.45, 7) is 2.10. The first kappa shape index (κ1) is 9.06. The second kappa shape index (κ2) is 3.58. The number of aromatic nitrogens is 2. The zero-order chi connectivity index (χ0) is 9.14. The molecule has 0 aliphatic carbocycles. The normalized spacial score (nSPS) is 13.0. The smallest absolute Gasteiger partial charge is 0.205 e. The van der Waals surface area contributed by atoms with Gasteiger partial charge >= 0.3 is 0 Å². The molecule has 1 heterocycles. The van der Waals surface area contributed by atoms with E-state index in [-0.39, 0.29) is 12.6 Å². The highest BCUT2D eigenvalue weighted by Gasteiger charge is 2.11. The van der Waals surface area contributed by atoms with Crippen LogP contribution in [-0.4, -0.2) is 34.4 Å². The molecule has 4 heteroatoms. The number of imidazole rings is 1. The number of aliphatic hydroxyl groups is 1. The van der Waals surface area contributed by atoms with Gasteiger partial charge in [-0.1, -0.05) is 0 Å². The second-order valence-electron chi connectivity index (χ2n) is 2.98. The van der Waals surface area contributed by atoms with E-state index >= 15 is 0 Å². The highest BCUT2D eigenvalue weighted by Crippen LogP contribution is 2.09. The van der Waals surface area contributed by atoms with Gasteiger partial charge in [0, 0.05) is 26.5 Å². The van der Waals surface area contributed by atoms with E-state index in [1.54, 1.807) is 6.20 Å². The van der Waals surface area contributed by atoms with Crippen LogP contribution in [0.4, 0.5) is 5.95 Å². The maximum atomic E-state index is 8.92. The topological polar surface area (TPSA) is 41.3 Å². The number of hydrogen-bond donors (Lipinski definition) is 1. The molecule has 1 unspecified atom stereocenters. The van der Waals surface area contributed by atoms with E-state index in [0.29, 0.717) is 0 Å². The number of rotatable bonds is 3. The third-order valence-electron chi connectivity index (χ3n) is 2.04. The van der Waals surface area contributed by atoms with Crippen molar-refractivity contribution >= 4 is 5.95 Å². The summed E-state index contributed by atoms with van der Waals surface area (Å²) in [6.07, 6.45) is 3.63. The first-order valence-corrected chi connectivity index (χ1v) is 3.98. The summed E-state index contributed by atoms with van der Waals surface area (Å²) in [7, 11) is 3.85. The number of aliphatic hydroxyl groups excluding tert-OH is 1. The van der Waals surface area contributed by atoms with Crippen LogP contribution in [0.3, 0.4) is 0 Å². The van der Waals surface area contributed by atoms with Crippen LogP contribution in [0.15, 0.2) is 12.4 Å². The molecule has 4 nitrogen and oxygen atoms in total. The van der Waals surface area contributed by atoms with E-state index < -0.39 is 0 Å². The molecule has 0 bridgehead atoms. The van der Waals surface area contributed by atoms with Gasteiger partial charge in [-0.2, -0.15) is 0 Å². The first-order chi connectivity index (χ1) is 5.66. The summed E-state index contributed by atoms with van der Waals surface area (Å²) < 4.78 is 1.92. The fourth-order valence-electron chi connectivity index (χ4n) is 1.02. The Morgan fingerprint density at radius 3 is 2.83 bits per heavy atom. The average Bonchev–Trinajstić information content (AvgIpc) is 2.48. The molecule has 12 heavy (non-hydrogen) atoms. The summed E-state index contributed by atoms with van der Waals surface area (Å²) in [5.41, 5.74) is 0. The predicted molar refractivity (Wildman–Crippen MR) is 48.2 cm³/mol. The summed E-state index contributed by atoms with van der Waals surface area (Å²) in [6, 6.07) is 0.103. The lowest BCUT2D eigenvalue weighted by Gasteiger charge is -2.23. The van der Waals surface area contributed by atoms with E-state index in [0.717, 1.165) is 5.95 Å². The molecule has 0 aliphatic rings. The van der Waals surface area contributed by atoms with Crippen molar-refractivity contribution in [1.82, 2.24) is 9.55 Å². The van der Waals surface area contributed by atoms with Gasteiger partial charge in [0.2, 0.25) is 5.95 Å². The van der Waals surface area contributed by atoms with Gasteiger partial charge in [-0.25, -0.2) is 4.98 Å². The highest BCUT2D eigenvalue weighted by molar-refractivity contribution is 5.30. The Kier molecular flexibility index (Phi) is 2.70. The van der Waals surface area contributed by atoms with Gasteiger partial charge in [-0.05, 0) is 6.92 Å². The maximum absolute atomic E-state index is 8.92. The van der Waals surface area contributed by atoms with E-state index in [9.17, 15) is 0 Å². The molecular weight excluding hydrogens is 154 g/mol. The van der Waals surface area contributed by atoms with Crippen LogP contribution in [-0.2, 0) is 7.05 Å². The summed E-state index contributed by atoms with van der Waals surface area (Å²) in [5, 5.41) is 8.92. The third kappa shape index (κ3) is 1.58. The maximum Gasteiger partial charge on any atom is 0.205 e. The van der Waals surface area contributed by atoms with Crippen LogP contribution in [0.2, 0.25) is 0 Å². The van der Waals surface area contributed by atoms with Gasteiger partial charge in [0.1, 0.15) is 0 Å². The quantitative estimate of drug-likeness (QED) is 0.704. The number of likely N-dealkylation sites (N-methyl/N-ethyl adjacent to an activating group) is 1. The van der Waals surface area contributed by atoms with Crippen LogP contribution in [0.5, 0.6) is 0 Å². The fourth-order valence-corrected chi connectivity index (χ4v) is 1.02. The van der Waals surface area contributed by atoms with Crippen molar-refractivity contribution in [2.24, 2.45) is 7.05 Å². The van der Waals surface area contributed by atoms with E-state index in [2.05, 4.69) is 4.98 Å². The minimum absolute atomic E-state index is 0.103. The minimum Gasteiger partial charge on any atom is -0.394 e. The lowest BCUT2D eigenvalue weighted by molar-refractivity contribution is 0.269. The van der Waals surface area contributed by atoms with Gasteiger partial charge in [-0.3, -0.25) is 0 Å². The minimum atomic E-state index is 0.103. The van der Waals surface area contributed by atoms with Crippen LogP contribution >= 0.6 is 0 Å². The molecule has 0 spiro atoms. The lowest BCUT2D eigenvalue weighted by Crippen LogP contribution is -2.33. The molecule has 1 aromatic rings. The molecule has 1 N–H and O–H groups in total. The summed E-state index contributed by atoms with van der Waals surface area (Å²) in [5.74, 6) is 0.872. The van der Waals surface area contributed by atoms with E-state index in [1.807, 2.05) is 36.7 Å². The second-order valence-corrected chi connectivity index (χ2v) is 2.98. The van der Waals surface area contributed by atoms with E-state index in [4.69, 9.17) is 5.11 Å². The van der Waals surface area contributed by atoms with Crippen molar-refractivity contribution in [3.8, 4) is 0 Å². The Morgan fingerprint density at radius 2 is 2.42 bits per heavy atom. The molecule has 0 aromatic carbocycles. The van der Waals surface area contributed by atoms with Crippen molar-refractivity contribution < 1.29 is 5.11 Å². The average molecular weight is 169 g/mol. The van der Waals surface area contributed by atoms with Crippen LogP contribution in [0.1, 0.15) is 6.92 Å². The molecule has 1 atom stereocenters. The van der Waals surface area contributed by atoms with Crippen LogP contribution < -0.4 is 4.90 Å². The van der Waals surface area contributed by atoms with Gasteiger partial charge in [-0.15, -0.1) is 0 Å². The van der Waals surface area contributed by atoms with Crippen LogP contribution in [0, 0.1) is 0 Å². The molecule has 0 aliphatic heterocycles. The molecule has 1 aromatic heterocycles. The standard InChI is InChI=1S/C8H15N3O/c1-7(6-12)11(3)8-9-4-5-10(8)2/h4-5,7,12H,6H2,1-3H3. The Morgan fingerprint density at radius 1 is 1.75 bits per heavy atom. The summed E-state index contributed by atoms with van der Waals surface area (Å²) >= 11 is 0. The predicted octanol–water partition coefficient (Wildman–Crippen LogP) is 0.237. The van der Waals surface area contributed by atoms with Gasteiger partial charge in [0.25, 0.3) is 0 Å². The molecule has 68 valence electrons. The van der Waals surface area contributed by atoms with Crippen LogP contribution in [0.25, 0.3) is 0 Å². The van der Waals surface area contributed by atoms with Crippen molar-refractivity contribution in [1.29, 1.82) is 0 Å². The molecule has 0 fully saturated rings. The van der Waals surface area contributed by atoms with Crippen molar-refractivity contribution in [2.75, 3.05) is 18.6 Å². The molecular formula is C8H15N3O. The van der Waals surface area contributed by atoms with Gasteiger partial charge in [0.15, 0.2) is 0 Å². The SMILES string of the molecule is CC(CO)N(C)c1nccn1C. The Balaban J connectivity index is 2.77. The van der Waals surface area contributed by atoms with Gasteiger partial charge in [0.05, 0.1) is 12.6 Å². The first-order valence-electron chi connectivity index (χ1n) is 3.98. The summed E-state index contributed by atoms with van der Waals surface area (Å²) in [4.78, 5) is 6.11. The van der Waals surface area contributed by atoms with E-state index in [1.165, 1.54) is 0 Å². The lowest BCUT2D eigenvalue weighted by atomic mass is 10.3. The molecule has 0 saturated heterocycles. The van der Waals surface area contributed by atoms with Crippen molar-refractivity contribution in [3.63, 3.8) is 0 Å². The largest absolute Gasteiger partial charge is 0.394 e. The number of hydrogen-bond acceptors (Lipinski definition) is 3. The fraction of sp³-hybridized carbons (Fsp3) is 0.625. The van der Waals surface area contributed by atoms with Gasteiger partial charge < -0.3 is 14.6 Å². The molecule has 0 amide bonds. The molecule has 0 radical (unpaired) electrons. The monoisotopic (exact) mass is 169 g/mol. The Hall–Kier alpha value is -1.03. The highest BCUT2D eigenvalue weighted by atomic mass is 16.3. The van der Waals surface area contributed by atoms with Crippen molar-refractivity contribution in [2.45, 2.75) is 13.0 Å². The number of aryl methyl sites for hydroxylation is 1. The number of anilines is 1.